The molecule has 0 saturated carbocycles. The van der Waals surface area contributed by atoms with E-state index in [1.807, 2.05) is 0 Å². The van der Waals surface area contributed by atoms with Crippen LogP contribution < -0.4 is 10.2 Å². The second-order valence-corrected chi connectivity index (χ2v) is 5.01. The number of hydrogen-bond acceptors (Lipinski definition) is 4. The number of rotatable bonds is 0. The van der Waals surface area contributed by atoms with Gasteiger partial charge < -0.3 is 25.3 Å². The SMILES string of the molecule is CC(=O)[O-].CC(=O)[O-].CP(C)C.O.[Mg+2]. The third-order valence-corrected chi connectivity index (χ3v) is 0. The van der Waals surface area contributed by atoms with Gasteiger partial charge in [-0.1, -0.05) is 0 Å². The van der Waals surface area contributed by atoms with Gasteiger partial charge in [-0.3, -0.25) is 0 Å². The van der Waals surface area contributed by atoms with Gasteiger partial charge in [0, 0.05) is 11.9 Å². The van der Waals surface area contributed by atoms with Crippen LogP contribution in [0.3, 0.4) is 0 Å². The van der Waals surface area contributed by atoms with E-state index < -0.39 is 11.9 Å². The molecule has 0 aliphatic rings. The van der Waals surface area contributed by atoms with Crippen molar-refractivity contribution in [3.63, 3.8) is 0 Å². The van der Waals surface area contributed by atoms with E-state index in [0.29, 0.717) is 7.92 Å². The molecule has 0 atom stereocenters. The first-order valence-electron chi connectivity index (χ1n) is 3.16. The first-order valence-corrected chi connectivity index (χ1v) is 5.84. The van der Waals surface area contributed by atoms with E-state index >= 15 is 0 Å². The first-order chi connectivity index (χ1) is 5.20. The van der Waals surface area contributed by atoms with Gasteiger partial charge in [0.1, 0.15) is 0 Å². The van der Waals surface area contributed by atoms with E-state index in [2.05, 4.69) is 20.0 Å². The van der Waals surface area contributed by atoms with E-state index in [1.165, 1.54) is 0 Å². The molecule has 82 valence electrons. The maximum atomic E-state index is 8.89. The van der Waals surface area contributed by atoms with Gasteiger partial charge in [0.2, 0.25) is 0 Å². The van der Waals surface area contributed by atoms with Crippen LogP contribution in [0.1, 0.15) is 13.8 Å². The van der Waals surface area contributed by atoms with Crippen LogP contribution in [0.5, 0.6) is 0 Å². The molecule has 0 amide bonds. The zero-order valence-corrected chi connectivity index (χ0v) is 11.6. The molecule has 0 spiro atoms. The summed E-state index contributed by atoms with van der Waals surface area (Å²) in [5, 5.41) is 17.8. The zero-order chi connectivity index (χ0) is 10.7. The molecule has 0 rings (SSSR count). The number of carboxylic acid groups (broad SMARTS) is 2. The molecule has 5 nitrogen and oxygen atoms in total. The molecule has 0 aromatic heterocycles. The van der Waals surface area contributed by atoms with Gasteiger partial charge >= 0.3 is 23.1 Å². The maximum absolute atomic E-state index is 8.89. The van der Waals surface area contributed by atoms with Crippen molar-refractivity contribution < 1.29 is 25.3 Å². The molecule has 0 aromatic rings. The van der Waals surface area contributed by atoms with Gasteiger partial charge in [-0.05, 0) is 33.8 Å². The van der Waals surface area contributed by atoms with Crippen LogP contribution >= 0.6 is 7.92 Å². The van der Waals surface area contributed by atoms with Gasteiger partial charge in [0.05, 0.1) is 0 Å². The molecule has 0 aliphatic carbocycles. The second-order valence-electron chi connectivity index (χ2n) is 2.32. The Morgan fingerprint density at radius 3 is 0.929 bits per heavy atom. The van der Waals surface area contributed by atoms with Crippen LogP contribution in [-0.2, 0) is 9.59 Å². The van der Waals surface area contributed by atoms with E-state index in [-0.39, 0.29) is 28.5 Å². The van der Waals surface area contributed by atoms with Gasteiger partial charge in [0.15, 0.2) is 0 Å². The van der Waals surface area contributed by atoms with Crippen molar-refractivity contribution in [2.45, 2.75) is 13.8 Å². The fraction of sp³-hybridized carbons (Fsp3) is 0.714. The number of carbonyl (C=O) groups excluding carboxylic acids is 2. The summed E-state index contributed by atoms with van der Waals surface area (Å²) in [6, 6.07) is 0. The van der Waals surface area contributed by atoms with Gasteiger partial charge in [-0.25, -0.2) is 0 Å². The summed E-state index contributed by atoms with van der Waals surface area (Å²) in [6.45, 7) is 8.64. The van der Waals surface area contributed by atoms with Crippen LogP contribution in [0.15, 0.2) is 0 Å². The third-order valence-electron chi connectivity index (χ3n) is 0. The Hall–Kier alpha value is 0.0962. The fourth-order valence-corrected chi connectivity index (χ4v) is 0. The molecule has 0 heterocycles. The Bertz CT molecular complexity index is 106. The molecular weight excluding hydrogens is 219 g/mol. The summed E-state index contributed by atoms with van der Waals surface area (Å²) < 4.78 is 0. The van der Waals surface area contributed by atoms with Crippen molar-refractivity contribution in [1.29, 1.82) is 0 Å². The van der Waals surface area contributed by atoms with Crippen LogP contribution in [-0.4, -0.2) is 60.5 Å². The standard InChI is InChI=1S/C3H9P.2C2H4O2.Mg.H2O/c1-4(2)3;2*1-2(3)4;;/h1-3H3;2*1H3,(H,3,4);;1H2/q;;;+2;/p-2. The average Bonchev–Trinajstić information content (AvgIpc) is 1.54. The smallest absolute Gasteiger partial charge is 0.550 e. The quantitative estimate of drug-likeness (QED) is 0.347. The van der Waals surface area contributed by atoms with E-state index in [1.54, 1.807) is 0 Å². The summed E-state index contributed by atoms with van der Waals surface area (Å²) in [7, 11) is 0.380. The number of carboxylic acids is 2. The molecule has 0 aromatic carbocycles. The first kappa shape index (κ1) is 29.2. The average molecular weight is 236 g/mol. The molecule has 14 heavy (non-hydrogen) atoms. The minimum atomic E-state index is -1.08. The van der Waals surface area contributed by atoms with Crippen molar-refractivity contribution in [1.82, 2.24) is 0 Å². The molecule has 0 unspecified atom stereocenters. The minimum absolute atomic E-state index is 0. The Morgan fingerprint density at radius 1 is 0.929 bits per heavy atom. The van der Waals surface area contributed by atoms with Crippen molar-refractivity contribution in [2.75, 3.05) is 20.0 Å². The number of carbonyl (C=O) groups is 2. The molecule has 2 N–H and O–H groups in total. The molecule has 0 fully saturated rings. The largest absolute Gasteiger partial charge is 2.00 e. The molecule has 0 saturated heterocycles. The predicted molar refractivity (Wildman–Crippen MR) is 55.4 cm³/mol. The number of hydrogen-bond donors (Lipinski definition) is 0. The van der Waals surface area contributed by atoms with Crippen molar-refractivity contribution in [3.8, 4) is 0 Å². The summed E-state index contributed by atoms with van der Waals surface area (Å²) in [5.41, 5.74) is 0. The molecule has 7 heteroatoms. The van der Waals surface area contributed by atoms with Crippen molar-refractivity contribution in [3.05, 3.63) is 0 Å². The monoisotopic (exact) mass is 236 g/mol. The van der Waals surface area contributed by atoms with Crippen molar-refractivity contribution >= 4 is 42.9 Å². The number of aliphatic carboxylic acids is 2. The van der Waals surface area contributed by atoms with E-state index in [4.69, 9.17) is 19.8 Å². The predicted octanol–water partition coefficient (Wildman–Crippen LogP) is -2.34. The summed E-state index contributed by atoms with van der Waals surface area (Å²) >= 11 is 0. The Morgan fingerprint density at radius 2 is 0.929 bits per heavy atom. The summed E-state index contributed by atoms with van der Waals surface area (Å²) in [6.07, 6.45) is 0. The Balaban J connectivity index is -0.0000000270. The molecule has 0 bridgehead atoms. The van der Waals surface area contributed by atoms with Gasteiger partial charge in [-0.2, -0.15) is 0 Å². The molecule has 0 aliphatic heterocycles. The van der Waals surface area contributed by atoms with E-state index in [0.717, 1.165) is 13.8 Å². The molecular formula is C7H17MgO5P. The fourth-order valence-electron chi connectivity index (χ4n) is 0. The third kappa shape index (κ3) is 161000. The van der Waals surface area contributed by atoms with Gasteiger partial charge in [-0.15, -0.1) is 7.92 Å². The van der Waals surface area contributed by atoms with Crippen LogP contribution in [0.25, 0.3) is 0 Å². The Kier molecular flexibility index (Phi) is 48.3. The summed E-state index contributed by atoms with van der Waals surface area (Å²) in [4.78, 5) is 17.8. The minimum Gasteiger partial charge on any atom is -0.550 e. The topological polar surface area (TPSA) is 112 Å². The molecule has 0 radical (unpaired) electrons. The Labute approximate surface area is 102 Å². The normalized spacial score (nSPS) is 6.14. The maximum Gasteiger partial charge on any atom is 2.00 e. The van der Waals surface area contributed by atoms with E-state index in [9.17, 15) is 0 Å². The second kappa shape index (κ2) is 23.2. The van der Waals surface area contributed by atoms with Gasteiger partial charge in [0.25, 0.3) is 0 Å². The van der Waals surface area contributed by atoms with Crippen molar-refractivity contribution in [2.24, 2.45) is 0 Å². The summed E-state index contributed by atoms with van der Waals surface area (Å²) in [5.74, 6) is -2.17. The van der Waals surface area contributed by atoms with Crippen LogP contribution in [0.4, 0.5) is 0 Å². The zero-order valence-electron chi connectivity index (χ0n) is 9.29. The van der Waals surface area contributed by atoms with Crippen LogP contribution in [0, 0.1) is 0 Å². The van der Waals surface area contributed by atoms with Crippen LogP contribution in [0.2, 0.25) is 0 Å².